The molecule has 1 saturated carbocycles. The molecule has 9 heteroatoms. The monoisotopic (exact) mass is 644 g/mol. The summed E-state index contributed by atoms with van der Waals surface area (Å²) >= 11 is 20.2. The Morgan fingerprint density at radius 3 is 2.57 bits per heavy atom. The van der Waals surface area contributed by atoms with E-state index in [0.717, 1.165) is 40.4 Å². The second kappa shape index (κ2) is 11.7. The van der Waals surface area contributed by atoms with Gasteiger partial charge < -0.3 is 14.4 Å². The Morgan fingerprint density at radius 1 is 1.14 bits per heavy atom. The molecule has 35 heavy (non-hydrogen) atoms. The van der Waals surface area contributed by atoms with Crippen molar-refractivity contribution in [1.29, 1.82) is 0 Å². The molecule has 4 rings (SSSR count). The van der Waals surface area contributed by atoms with E-state index in [4.69, 9.17) is 44.9 Å². The zero-order chi connectivity index (χ0) is 25.1. The lowest BCUT2D eigenvalue weighted by Gasteiger charge is -2.30. The van der Waals surface area contributed by atoms with Crippen molar-refractivity contribution < 1.29 is 14.3 Å². The first-order valence-corrected chi connectivity index (χ1v) is 13.9. The minimum atomic E-state index is -0.0323. The predicted octanol–water partition coefficient (Wildman–Crippen LogP) is 7.31. The van der Waals surface area contributed by atoms with E-state index < -0.39 is 0 Å². The van der Waals surface area contributed by atoms with E-state index in [1.165, 1.54) is 6.42 Å². The van der Waals surface area contributed by atoms with Gasteiger partial charge in [-0.2, -0.15) is 0 Å². The Bertz CT molecular complexity index is 1170. The summed E-state index contributed by atoms with van der Waals surface area (Å²) in [6, 6.07) is 9.38. The molecular formula is C26H27Cl2IN2O3S. The van der Waals surface area contributed by atoms with Crippen molar-refractivity contribution in [1.82, 2.24) is 9.80 Å². The number of amides is 1. The van der Waals surface area contributed by atoms with Crippen molar-refractivity contribution in [3.05, 3.63) is 60.8 Å². The van der Waals surface area contributed by atoms with Crippen LogP contribution in [0.5, 0.6) is 11.5 Å². The summed E-state index contributed by atoms with van der Waals surface area (Å²) in [6.45, 7) is 2.68. The van der Waals surface area contributed by atoms with Crippen LogP contribution in [0.15, 0.2) is 36.0 Å². The van der Waals surface area contributed by atoms with Crippen molar-refractivity contribution in [2.75, 3.05) is 13.7 Å². The van der Waals surface area contributed by atoms with Crippen molar-refractivity contribution in [3.63, 3.8) is 0 Å². The second-order valence-electron chi connectivity index (χ2n) is 8.63. The van der Waals surface area contributed by atoms with E-state index in [9.17, 15) is 4.79 Å². The fraction of sp³-hybridized carbons (Fsp3) is 0.385. The first-order chi connectivity index (χ1) is 16.8. The number of hydrogen-bond donors (Lipinski definition) is 0. The Balaban J connectivity index is 1.60. The number of hydrogen-bond acceptors (Lipinski definition) is 4. The SMILES string of the molecule is CCOc1cc(/C=C2/C(=O)N(C3CCCCC3)C(=S)N2C)cc(I)c1OCc1ccc(Cl)cc1Cl. The maximum Gasteiger partial charge on any atom is 0.277 e. The van der Waals surface area contributed by atoms with Gasteiger partial charge in [0.2, 0.25) is 0 Å². The smallest absolute Gasteiger partial charge is 0.277 e. The molecule has 1 saturated heterocycles. The lowest BCUT2D eigenvalue weighted by Crippen LogP contribution is -2.41. The molecule has 1 aliphatic carbocycles. The molecule has 1 aliphatic heterocycles. The van der Waals surface area contributed by atoms with E-state index in [2.05, 4.69) is 22.6 Å². The molecule has 0 spiro atoms. The summed E-state index contributed by atoms with van der Waals surface area (Å²) in [7, 11) is 1.86. The van der Waals surface area contributed by atoms with Crippen LogP contribution in [0, 0.1) is 3.57 Å². The number of carbonyl (C=O) groups is 1. The summed E-state index contributed by atoms with van der Waals surface area (Å²) in [5.74, 6) is 1.21. The second-order valence-corrected chi connectivity index (χ2v) is 11.0. The lowest BCUT2D eigenvalue weighted by molar-refractivity contribution is -0.124. The molecular weight excluding hydrogens is 618 g/mol. The van der Waals surface area contributed by atoms with Gasteiger partial charge in [-0.05, 0) is 90.5 Å². The van der Waals surface area contributed by atoms with Gasteiger partial charge >= 0.3 is 0 Å². The number of rotatable bonds is 7. The largest absolute Gasteiger partial charge is 0.490 e. The minimum Gasteiger partial charge on any atom is -0.490 e. The third kappa shape index (κ3) is 5.89. The molecule has 5 nitrogen and oxygen atoms in total. The van der Waals surface area contributed by atoms with Gasteiger partial charge in [0.1, 0.15) is 12.3 Å². The molecule has 0 aromatic heterocycles. The van der Waals surface area contributed by atoms with Crippen LogP contribution in [-0.4, -0.2) is 40.5 Å². The van der Waals surface area contributed by atoms with Crippen LogP contribution < -0.4 is 9.47 Å². The number of benzene rings is 2. The van der Waals surface area contributed by atoms with Crippen LogP contribution >= 0.6 is 58.0 Å². The average molecular weight is 645 g/mol. The highest BCUT2D eigenvalue weighted by Crippen LogP contribution is 2.37. The highest BCUT2D eigenvalue weighted by molar-refractivity contribution is 14.1. The summed E-state index contributed by atoms with van der Waals surface area (Å²) in [5.41, 5.74) is 2.24. The number of halogens is 3. The topological polar surface area (TPSA) is 42.0 Å². The molecule has 0 bridgehead atoms. The first-order valence-electron chi connectivity index (χ1n) is 11.7. The number of carbonyl (C=O) groups excluding carboxylic acids is 1. The van der Waals surface area contributed by atoms with Gasteiger partial charge in [0.15, 0.2) is 16.6 Å². The van der Waals surface area contributed by atoms with E-state index in [0.29, 0.717) is 39.0 Å². The summed E-state index contributed by atoms with van der Waals surface area (Å²) in [5, 5.41) is 1.70. The highest BCUT2D eigenvalue weighted by atomic mass is 127. The Hall–Kier alpha value is -1.55. The van der Waals surface area contributed by atoms with Crippen LogP contribution in [0.4, 0.5) is 0 Å². The van der Waals surface area contributed by atoms with Gasteiger partial charge in [0.25, 0.3) is 5.91 Å². The molecule has 0 unspecified atom stereocenters. The zero-order valence-corrected chi connectivity index (χ0v) is 24.1. The van der Waals surface area contributed by atoms with E-state index in [-0.39, 0.29) is 18.6 Å². The molecule has 2 aliphatic rings. The standard InChI is InChI=1S/C26H27Cl2IN2O3S/c1-3-33-23-13-16(11-21(29)24(23)34-15-17-9-10-18(27)14-20(17)28)12-22-25(32)31(26(35)30(22)2)19-7-5-4-6-8-19/h9-14,19H,3-8,15H2,1-2H3/b22-12-. The van der Waals surface area contributed by atoms with E-state index in [1.807, 2.05) is 48.0 Å². The molecule has 2 fully saturated rings. The molecule has 0 radical (unpaired) electrons. The van der Waals surface area contributed by atoms with Crippen molar-refractivity contribution in [2.45, 2.75) is 51.7 Å². The van der Waals surface area contributed by atoms with Crippen LogP contribution in [0.3, 0.4) is 0 Å². The third-order valence-corrected chi connectivity index (χ3v) is 8.11. The number of thiocarbonyl (C=S) groups is 1. The van der Waals surface area contributed by atoms with E-state index >= 15 is 0 Å². The van der Waals surface area contributed by atoms with Gasteiger partial charge in [-0.1, -0.05) is 48.5 Å². The maximum absolute atomic E-state index is 13.4. The number of nitrogens with zero attached hydrogens (tertiary/aromatic N) is 2. The predicted molar refractivity (Wildman–Crippen MR) is 153 cm³/mol. The fourth-order valence-electron chi connectivity index (χ4n) is 4.46. The third-order valence-electron chi connectivity index (χ3n) is 6.25. The molecule has 2 aromatic rings. The normalized spacial score (nSPS) is 18.0. The Morgan fingerprint density at radius 2 is 1.89 bits per heavy atom. The van der Waals surface area contributed by atoms with Crippen LogP contribution in [0.2, 0.25) is 10.0 Å². The number of likely N-dealkylation sites (N-methyl/N-ethyl adjacent to an activating group) is 1. The summed E-state index contributed by atoms with van der Waals surface area (Å²) in [4.78, 5) is 17.0. The zero-order valence-electron chi connectivity index (χ0n) is 19.7. The Kier molecular flexibility index (Phi) is 8.84. The van der Waals surface area contributed by atoms with E-state index in [1.54, 1.807) is 12.1 Å². The number of ether oxygens (including phenoxy) is 2. The summed E-state index contributed by atoms with van der Waals surface area (Å²) < 4.78 is 12.9. The molecule has 1 heterocycles. The molecule has 0 N–H and O–H groups in total. The van der Waals surface area contributed by atoms with Crippen LogP contribution in [-0.2, 0) is 11.4 Å². The van der Waals surface area contributed by atoms with Gasteiger partial charge in [-0.25, -0.2) is 0 Å². The fourth-order valence-corrected chi connectivity index (χ4v) is 6.03. The van der Waals surface area contributed by atoms with Crippen LogP contribution in [0.25, 0.3) is 6.08 Å². The highest BCUT2D eigenvalue weighted by Gasteiger charge is 2.40. The van der Waals surface area contributed by atoms with Crippen LogP contribution in [0.1, 0.15) is 50.2 Å². The van der Waals surface area contributed by atoms with Gasteiger partial charge in [0.05, 0.1) is 10.2 Å². The molecule has 2 aromatic carbocycles. The van der Waals surface area contributed by atoms with Gasteiger partial charge in [-0.15, -0.1) is 0 Å². The molecule has 1 amide bonds. The van der Waals surface area contributed by atoms with Gasteiger partial charge in [-0.3, -0.25) is 9.69 Å². The van der Waals surface area contributed by atoms with Crippen molar-refractivity contribution in [2.24, 2.45) is 0 Å². The minimum absolute atomic E-state index is 0.0323. The maximum atomic E-state index is 13.4. The van der Waals surface area contributed by atoms with Gasteiger partial charge in [0, 0.05) is 28.7 Å². The lowest BCUT2D eigenvalue weighted by atomic mass is 9.94. The quantitative estimate of drug-likeness (QED) is 0.180. The van der Waals surface area contributed by atoms with Crippen molar-refractivity contribution >= 4 is 75.1 Å². The average Bonchev–Trinajstić information content (AvgIpc) is 3.03. The Labute approximate surface area is 235 Å². The first kappa shape index (κ1) is 26.5. The van der Waals surface area contributed by atoms with Crippen molar-refractivity contribution in [3.8, 4) is 11.5 Å². The molecule has 186 valence electrons. The summed E-state index contributed by atoms with van der Waals surface area (Å²) in [6.07, 6.45) is 7.38. The molecule has 0 atom stereocenters.